The van der Waals surface area contributed by atoms with Crippen LogP contribution in [0.25, 0.3) is 0 Å². The van der Waals surface area contributed by atoms with Crippen LogP contribution in [0.4, 0.5) is 5.69 Å². The molecule has 0 saturated heterocycles. The third-order valence-electron chi connectivity index (χ3n) is 4.57. The van der Waals surface area contributed by atoms with E-state index < -0.39 is 10.0 Å². The summed E-state index contributed by atoms with van der Waals surface area (Å²) in [6.07, 6.45) is 0.824. The fourth-order valence-electron chi connectivity index (χ4n) is 3.24. The van der Waals surface area contributed by atoms with Gasteiger partial charge < -0.3 is 14.4 Å². The first-order chi connectivity index (χ1) is 13.4. The van der Waals surface area contributed by atoms with Crippen molar-refractivity contribution in [3.63, 3.8) is 0 Å². The molecule has 150 valence electrons. The number of fused-ring (bicyclic) bond motifs is 1. The van der Waals surface area contributed by atoms with Gasteiger partial charge in [-0.15, -0.1) is 0 Å². The summed E-state index contributed by atoms with van der Waals surface area (Å²) in [5.41, 5.74) is 2.08. The summed E-state index contributed by atoms with van der Waals surface area (Å²) in [5, 5.41) is 0. The Hall–Kier alpha value is -2.42. The van der Waals surface area contributed by atoms with Gasteiger partial charge in [0.1, 0.15) is 5.75 Å². The van der Waals surface area contributed by atoms with Crippen LogP contribution in [0.1, 0.15) is 12.5 Å². The smallest absolute Gasteiger partial charge is 0.265 e. The fourth-order valence-corrected chi connectivity index (χ4v) is 4.25. The second-order valence-electron chi connectivity index (χ2n) is 6.60. The van der Waals surface area contributed by atoms with Crippen molar-refractivity contribution in [3.8, 4) is 5.75 Å². The van der Waals surface area contributed by atoms with E-state index in [0.29, 0.717) is 12.4 Å². The minimum Gasteiger partial charge on any atom is -0.484 e. The summed E-state index contributed by atoms with van der Waals surface area (Å²) in [5.74, 6) is 0.305. The zero-order valence-corrected chi connectivity index (χ0v) is 16.7. The number of sulfonamides is 1. The molecular weight excluding hydrogens is 380 g/mol. The molecule has 2 aromatic rings. The van der Waals surface area contributed by atoms with Gasteiger partial charge in [-0.05, 0) is 49.2 Å². The fraction of sp³-hybridized carbons (Fsp3) is 0.350. The van der Waals surface area contributed by atoms with Gasteiger partial charge in [0.25, 0.3) is 5.91 Å². The summed E-state index contributed by atoms with van der Waals surface area (Å²) in [4.78, 5) is 14.5. The standard InChI is InChI=1S/C20H24N2O5S/c1-15-13-16-5-3-4-6-19(16)22(15)20(23)14-27-17-7-9-18(10-8-17)28(24,25)21-11-12-26-2/h3-10,15,21H,11-14H2,1-2H3. The second kappa shape index (κ2) is 8.72. The monoisotopic (exact) mass is 404 g/mol. The van der Waals surface area contributed by atoms with Crippen LogP contribution in [-0.4, -0.2) is 47.2 Å². The third-order valence-corrected chi connectivity index (χ3v) is 6.05. The lowest BCUT2D eigenvalue weighted by Crippen LogP contribution is -2.39. The van der Waals surface area contributed by atoms with Crippen LogP contribution in [-0.2, 0) is 26.0 Å². The van der Waals surface area contributed by atoms with Crippen molar-refractivity contribution in [2.24, 2.45) is 0 Å². The normalized spacial score (nSPS) is 16.1. The second-order valence-corrected chi connectivity index (χ2v) is 8.36. The first-order valence-electron chi connectivity index (χ1n) is 9.04. The SMILES string of the molecule is COCCNS(=O)(=O)c1ccc(OCC(=O)N2c3ccccc3CC2C)cc1. The number of methoxy groups -OCH3 is 1. The van der Waals surface area contributed by atoms with Gasteiger partial charge in [0.05, 0.1) is 11.5 Å². The molecule has 3 rings (SSSR count). The molecule has 28 heavy (non-hydrogen) atoms. The van der Waals surface area contributed by atoms with E-state index in [1.54, 1.807) is 17.0 Å². The highest BCUT2D eigenvalue weighted by Gasteiger charge is 2.30. The number of hydrogen-bond donors (Lipinski definition) is 1. The van der Waals surface area contributed by atoms with Crippen LogP contribution >= 0.6 is 0 Å². The summed E-state index contributed by atoms with van der Waals surface area (Å²) >= 11 is 0. The van der Waals surface area contributed by atoms with Crippen LogP contribution < -0.4 is 14.4 Å². The van der Waals surface area contributed by atoms with Crippen molar-refractivity contribution in [1.29, 1.82) is 0 Å². The summed E-state index contributed by atoms with van der Waals surface area (Å²) in [7, 11) is -2.09. The van der Waals surface area contributed by atoms with E-state index in [1.807, 2.05) is 31.2 Å². The minimum atomic E-state index is -3.60. The highest BCUT2D eigenvalue weighted by atomic mass is 32.2. The molecular formula is C20H24N2O5S. The topological polar surface area (TPSA) is 84.9 Å². The number of amides is 1. The van der Waals surface area contributed by atoms with Crippen molar-refractivity contribution in [2.45, 2.75) is 24.3 Å². The first-order valence-corrected chi connectivity index (χ1v) is 10.5. The minimum absolute atomic E-state index is 0.0826. The molecule has 8 heteroatoms. The van der Waals surface area contributed by atoms with E-state index in [4.69, 9.17) is 9.47 Å². The molecule has 0 fully saturated rings. The number of para-hydroxylation sites is 1. The Bertz CT molecular complexity index is 928. The van der Waals surface area contributed by atoms with E-state index >= 15 is 0 Å². The molecule has 7 nitrogen and oxygen atoms in total. The summed E-state index contributed by atoms with van der Waals surface area (Å²) < 4.78 is 37.1. The van der Waals surface area contributed by atoms with Crippen LogP contribution in [0.3, 0.4) is 0 Å². The Morgan fingerprint density at radius 1 is 1.18 bits per heavy atom. The molecule has 0 saturated carbocycles. The van der Waals surface area contributed by atoms with Crippen molar-refractivity contribution in [2.75, 3.05) is 31.8 Å². The van der Waals surface area contributed by atoms with Crippen molar-refractivity contribution in [1.82, 2.24) is 4.72 Å². The Balaban J connectivity index is 1.60. The lowest BCUT2D eigenvalue weighted by atomic mass is 10.1. The number of ether oxygens (including phenoxy) is 2. The van der Waals surface area contributed by atoms with E-state index in [1.165, 1.54) is 19.2 Å². The van der Waals surface area contributed by atoms with Gasteiger partial charge >= 0.3 is 0 Å². The van der Waals surface area contributed by atoms with Gasteiger partial charge in [0.15, 0.2) is 6.61 Å². The Morgan fingerprint density at radius 2 is 1.89 bits per heavy atom. The van der Waals surface area contributed by atoms with Gasteiger partial charge in [-0.1, -0.05) is 18.2 Å². The predicted molar refractivity (Wildman–Crippen MR) is 106 cm³/mol. The Labute approximate surface area is 165 Å². The molecule has 0 bridgehead atoms. The number of rotatable bonds is 8. The number of carbonyl (C=O) groups is 1. The maximum atomic E-state index is 12.6. The lowest BCUT2D eigenvalue weighted by molar-refractivity contribution is -0.120. The Morgan fingerprint density at radius 3 is 2.61 bits per heavy atom. The number of hydrogen-bond acceptors (Lipinski definition) is 5. The highest BCUT2D eigenvalue weighted by molar-refractivity contribution is 7.89. The molecule has 1 heterocycles. The van der Waals surface area contributed by atoms with Crippen molar-refractivity contribution >= 4 is 21.6 Å². The number of carbonyl (C=O) groups excluding carboxylic acids is 1. The molecule has 1 atom stereocenters. The average Bonchev–Trinajstić information content (AvgIpc) is 3.02. The molecule has 0 aromatic heterocycles. The highest BCUT2D eigenvalue weighted by Crippen LogP contribution is 2.31. The molecule has 0 spiro atoms. The molecule has 1 N–H and O–H groups in total. The van der Waals surface area contributed by atoms with E-state index in [0.717, 1.165) is 17.7 Å². The molecule has 1 aliphatic rings. The quantitative estimate of drug-likeness (QED) is 0.680. The molecule has 1 unspecified atom stereocenters. The van der Waals surface area contributed by atoms with Crippen molar-refractivity contribution < 1.29 is 22.7 Å². The number of benzene rings is 2. The predicted octanol–water partition coefficient (Wildman–Crippen LogP) is 1.97. The maximum Gasteiger partial charge on any atom is 0.265 e. The average molecular weight is 404 g/mol. The number of nitrogens with zero attached hydrogens (tertiary/aromatic N) is 1. The van der Waals surface area contributed by atoms with E-state index in [9.17, 15) is 13.2 Å². The first kappa shape index (κ1) is 20.3. The zero-order valence-electron chi connectivity index (χ0n) is 15.9. The molecule has 0 radical (unpaired) electrons. The molecule has 1 amide bonds. The van der Waals surface area contributed by atoms with E-state index in [2.05, 4.69) is 4.72 Å². The number of nitrogens with one attached hydrogen (secondary N) is 1. The number of anilines is 1. The van der Waals surface area contributed by atoms with Crippen LogP contribution in [0, 0.1) is 0 Å². The molecule has 0 aliphatic carbocycles. The maximum absolute atomic E-state index is 12.6. The van der Waals surface area contributed by atoms with Gasteiger partial charge in [-0.2, -0.15) is 0 Å². The van der Waals surface area contributed by atoms with Gasteiger partial charge in [-0.3, -0.25) is 4.79 Å². The van der Waals surface area contributed by atoms with Crippen molar-refractivity contribution in [3.05, 3.63) is 54.1 Å². The van der Waals surface area contributed by atoms with E-state index in [-0.39, 0.29) is 30.0 Å². The van der Waals surface area contributed by atoms with Gasteiger partial charge in [0.2, 0.25) is 10.0 Å². The van der Waals surface area contributed by atoms with Crippen LogP contribution in [0.15, 0.2) is 53.4 Å². The lowest BCUT2D eigenvalue weighted by Gasteiger charge is -2.22. The molecule has 2 aromatic carbocycles. The zero-order chi connectivity index (χ0) is 20.1. The summed E-state index contributed by atoms with van der Waals surface area (Å²) in [6.45, 7) is 2.38. The Kier molecular flexibility index (Phi) is 6.33. The third kappa shape index (κ3) is 4.52. The van der Waals surface area contributed by atoms with Crippen LogP contribution in [0.2, 0.25) is 0 Å². The molecule has 1 aliphatic heterocycles. The van der Waals surface area contributed by atoms with Gasteiger partial charge in [-0.25, -0.2) is 13.1 Å². The van der Waals surface area contributed by atoms with Gasteiger partial charge in [0, 0.05) is 25.4 Å². The van der Waals surface area contributed by atoms with Crippen LogP contribution in [0.5, 0.6) is 5.75 Å². The largest absolute Gasteiger partial charge is 0.484 e. The summed E-state index contributed by atoms with van der Waals surface area (Å²) in [6, 6.07) is 13.9.